The van der Waals surface area contributed by atoms with Crippen molar-refractivity contribution >= 4 is 35.6 Å². The summed E-state index contributed by atoms with van der Waals surface area (Å²) in [5.41, 5.74) is 10.3. The second-order valence-electron chi connectivity index (χ2n) is 6.24. The minimum Gasteiger partial charge on any atom is -0.481 e. The molecule has 0 heterocycles. The van der Waals surface area contributed by atoms with Crippen molar-refractivity contribution in [3.63, 3.8) is 0 Å². The lowest BCUT2D eigenvalue weighted by molar-refractivity contribution is -0.144. The van der Waals surface area contributed by atoms with Gasteiger partial charge < -0.3 is 47.8 Å². The number of aliphatic carboxylic acids is 2. The monoisotopic (exact) mass is 435 g/mol. The Morgan fingerprint density at radius 2 is 1.40 bits per heavy atom. The minimum absolute atomic E-state index is 0.554. The van der Waals surface area contributed by atoms with Gasteiger partial charge in [-0.1, -0.05) is 0 Å². The highest BCUT2D eigenvalue weighted by atomic mass is 16.4. The summed E-state index contributed by atoms with van der Waals surface area (Å²) in [5, 5.41) is 42.3. The molecule has 0 saturated carbocycles. The molecule has 5 atom stereocenters. The van der Waals surface area contributed by atoms with E-state index in [-0.39, 0.29) is 0 Å². The second-order valence-corrected chi connectivity index (χ2v) is 6.24. The molecule has 15 nitrogen and oxygen atoms in total. The molecule has 0 aliphatic heterocycles. The van der Waals surface area contributed by atoms with E-state index < -0.39 is 85.3 Å². The van der Waals surface area contributed by atoms with Crippen LogP contribution in [0.1, 0.15) is 19.8 Å². The summed E-state index contributed by atoms with van der Waals surface area (Å²) >= 11 is 0. The highest BCUT2D eigenvalue weighted by Gasteiger charge is 2.33. The first-order valence-electron chi connectivity index (χ1n) is 8.48. The molecular formula is C15H25N5O10. The summed E-state index contributed by atoms with van der Waals surface area (Å²) in [6.45, 7) is 0.0988. The number of nitrogens with two attached hydrogens (primary N) is 2. The smallest absolute Gasteiger partial charge is 0.328 e. The van der Waals surface area contributed by atoms with Crippen molar-refractivity contribution in [2.24, 2.45) is 11.5 Å². The number of aliphatic hydroxyl groups is 2. The Morgan fingerprint density at radius 3 is 1.80 bits per heavy atom. The molecule has 0 rings (SSSR count). The number of carbonyl (C=O) groups is 6. The number of carboxylic acids is 2. The van der Waals surface area contributed by atoms with Crippen LogP contribution in [0.15, 0.2) is 0 Å². The lowest BCUT2D eigenvalue weighted by Crippen LogP contribution is -2.60. The summed E-state index contributed by atoms with van der Waals surface area (Å²) in [7, 11) is 0. The molecule has 0 aromatic heterocycles. The Bertz CT molecular complexity index is 683. The van der Waals surface area contributed by atoms with Crippen LogP contribution in [0.4, 0.5) is 0 Å². The van der Waals surface area contributed by atoms with Crippen LogP contribution in [0.5, 0.6) is 0 Å². The van der Waals surface area contributed by atoms with Gasteiger partial charge in [-0.05, 0) is 6.92 Å². The minimum atomic E-state index is -1.80. The Hall–Kier alpha value is -3.30. The molecule has 0 spiro atoms. The molecule has 15 heteroatoms. The maximum atomic E-state index is 12.4. The fraction of sp³-hybridized carbons (Fsp3) is 0.600. The molecule has 0 fully saturated rings. The van der Waals surface area contributed by atoms with Crippen LogP contribution in [-0.4, -0.2) is 92.9 Å². The molecule has 0 aromatic carbocycles. The number of carboxylic acid groups (broad SMARTS) is 2. The third-order valence-electron chi connectivity index (χ3n) is 3.63. The van der Waals surface area contributed by atoms with Gasteiger partial charge in [0.25, 0.3) is 0 Å². The van der Waals surface area contributed by atoms with Gasteiger partial charge in [-0.2, -0.15) is 0 Å². The van der Waals surface area contributed by atoms with Gasteiger partial charge in [-0.25, -0.2) is 4.79 Å². The number of hydrogen-bond donors (Lipinski definition) is 9. The van der Waals surface area contributed by atoms with Crippen LogP contribution >= 0.6 is 0 Å². The molecule has 170 valence electrons. The zero-order chi connectivity index (χ0) is 23.6. The third kappa shape index (κ3) is 9.26. The lowest BCUT2D eigenvalue weighted by atomic mass is 10.1. The van der Waals surface area contributed by atoms with Crippen molar-refractivity contribution < 1.29 is 49.2 Å². The highest BCUT2D eigenvalue weighted by molar-refractivity contribution is 5.96. The van der Waals surface area contributed by atoms with Crippen LogP contribution in [-0.2, 0) is 28.8 Å². The quantitative estimate of drug-likeness (QED) is 0.132. The van der Waals surface area contributed by atoms with E-state index in [1.165, 1.54) is 0 Å². The molecule has 5 unspecified atom stereocenters. The lowest BCUT2D eigenvalue weighted by Gasteiger charge is -2.25. The number of primary amides is 1. The SMILES string of the molecule is CC(O)C(NC(=O)C(N)CC(N)=O)C(=O)NC(CC(=O)O)C(=O)NC(CO)C(=O)O. The molecule has 0 bridgehead atoms. The molecule has 0 saturated heterocycles. The Balaban J connectivity index is 5.37. The first-order chi connectivity index (χ1) is 13.8. The average molecular weight is 435 g/mol. The number of aliphatic hydroxyl groups excluding tert-OH is 2. The fourth-order valence-electron chi connectivity index (χ4n) is 2.08. The molecule has 0 aliphatic carbocycles. The van der Waals surface area contributed by atoms with Gasteiger partial charge in [0, 0.05) is 0 Å². The van der Waals surface area contributed by atoms with Gasteiger partial charge >= 0.3 is 11.9 Å². The molecular weight excluding hydrogens is 410 g/mol. The molecule has 30 heavy (non-hydrogen) atoms. The average Bonchev–Trinajstić information content (AvgIpc) is 2.61. The molecule has 11 N–H and O–H groups in total. The predicted molar refractivity (Wildman–Crippen MR) is 96.2 cm³/mol. The molecule has 4 amide bonds. The van der Waals surface area contributed by atoms with E-state index in [1.807, 2.05) is 16.0 Å². The van der Waals surface area contributed by atoms with Crippen molar-refractivity contribution in [2.75, 3.05) is 6.61 Å². The van der Waals surface area contributed by atoms with Crippen LogP contribution in [0.3, 0.4) is 0 Å². The Labute approximate surface area is 169 Å². The van der Waals surface area contributed by atoms with E-state index in [1.54, 1.807) is 0 Å². The van der Waals surface area contributed by atoms with E-state index in [9.17, 15) is 33.9 Å². The largest absolute Gasteiger partial charge is 0.481 e. The van der Waals surface area contributed by atoms with E-state index in [2.05, 4.69) is 0 Å². The van der Waals surface area contributed by atoms with Crippen molar-refractivity contribution in [3.05, 3.63) is 0 Å². The number of rotatable bonds is 13. The summed E-state index contributed by atoms with van der Waals surface area (Å²) in [5.74, 6) is -7.50. The predicted octanol–water partition coefficient (Wildman–Crippen LogP) is -5.42. The van der Waals surface area contributed by atoms with E-state index in [0.717, 1.165) is 6.92 Å². The molecule has 0 radical (unpaired) electrons. The summed E-state index contributed by atoms with van der Waals surface area (Å²) in [6, 6.07) is -6.70. The highest BCUT2D eigenvalue weighted by Crippen LogP contribution is 2.01. The maximum Gasteiger partial charge on any atom is 0.328 e. The summed E-state index contributed by atoms with van der Waals surface area (Å²) in [6.07, 6.45) is -3.06. The summed E-state index contributed by atoms with van der Waals surface area (Å²) < 4.78 is 0. The van der Waals surface area contributed by atoms with E-state index >= 15 is 0 Å². The van der Waals surface area contributed by atoms with Crippen molar-refractivity contribution in [2.45, 2.75) is 50.0 Å². The first kappa shape index (κ1) is 26.7. The maximum absolute atomic E-state index is 12.4. The van der Waals surface area contributed by atoms with Crippen LogP contribution in [0.25, 0.3) is 0 Å². The van der Waals surface area contributed by atoms with Crippen LogP contribution in [0, 0.1) is 0 Å². The van der Waals surface area contributed by atoms with Gasteiger partial charge in [0.2, 0.25) is 23.6 Å². The number of hydrogen-bond acceptors (Lipinski definition) is 9. The number of amides is 4. The van der Waals surface area contributed by atoms with Crippen molar-refractivity contribution in [3.8, 4) is 0 Å². The van der Waals surface area contributed by atoms with Gasteiger partial charge in [0.1, 0.15) is 18.1 Å². The van der Waals surface area contributed by atoms with Gasteiger partial charge in [-0.15, -0.1) is 0 Å². The van der Waals surface area contributed by atoms with Crippen LogP contribution in [0.2, 0.25) is 0 Å². The zero-order valence-electron chi connectivity index (χ0n) is 15.9. The van der Waals surface area contributed by atoms with Crippen molar-refractivity contribution in [1.29, 1.82) is 0 Å². The van der Waals surface area contributed by atoms with Gasteiger partial charge in [-0.3, -0.25) is 24.0 Å². The third-order valence-corrected chi connectivity index (χ3v) is 3.63. The zero-order valence-corrected chi connectivity index (χ0v) is 15.9. The molecule has 0 aliphatic rings. The normalized spacial score (nSPS) is 15.6. The Morgan fingerprint density at radius 1 is 0.867 bits per heavy atom. The van der Waals surface area contributed by atoms with E-state index in [4.69, 9.17) is 26.8 Å². The first-order valence-corrected chi connectivity index (χ1v) is 8.48. The van der Waals surface area contributed by atoms with Crippen LogP contribution < -0.4 is 27.4 Å². The Kier molecular flexibility index (Phi) is 10.9. The standard InChI is InChI=1S/C15H25N5O10/c1-5(22)11(20-12(26)6(16)2-9(17)23)14(28)18-7(3-10(24)25)13(27)19-8(4-21)15(29)30/h5-8,11,21-22H,2-4,16H2,1H3,(H2,17,23)(H,18,28)(H,19,27)(H,20,26)(H,24,25)(H,29,30). The van der Waals surface area contributed by atoms with Gasteiger partial charge in [0.15, 0.2) is 0 Å². The topological polar surface area (TPSA) is 271 Å². The second kappa shape index (κ2) is 12.3. The van der Waals surface area contributed by atoms with E-state index in [0.29, 0.717) is 0 Å². The fourth-order valence-corrected chi connectivity index (χ4v) is 2.08. The number of carbonyl (C=O) groups excluding carboxylic acids is 4. The number of nitrogens with one attached hydrogen (secondary N) is 3. The van der Waals surface area contributed by atoms with Gasteiger partial charge in [0.05, 0.1) is 31.6 Å². The van der Waals surface area contributed by atoms with Crippen molar-refractivity contribution in [1.82, 2.24) is 16.0 Å². The molecule has 0 aromatic rings. The summed E-state index contributed by atoms with van der Waals surface area (Å²) in [4.78, 5) is 69.2.